The van der Waals surface area contributed by atoms with Gasteiger partial charge in [-0.3, -0.25) is 19.3 Å². The Hall–Kier alpha value is -3.79. The number of hydrogen-bond donors (Lipinski definition) is 2. The van der Waals surface area contributed by atoms with E-state index in [0.717, 1.165) is 35.0 Å². The number of nitrogens with zero attached hydrogens (tertiary/aromatic N) is 3. The quantitative estimate of drug-likeness (QED) is 0.241. The maximum Gasteiger partial charge on any atom is 0.264 e. The highest BCUT2D eigenvalue weighted by molar-refractivity contribution is 9.10. The van der Waals surface area contributed by atoms with Crippen molar-refractivity contribution in [2.75, 3.05) is 23.0 Å². The van der Waals surface area contributed by atoms with Gasteiger partial charge in [-0.15, -0.1) is 0 Å². The molecule has 0 aromatic heterocycles. The number of likely N-dealkylation sites (tertiary alicyclic amines) is 1. The third-order valence-electron chi connectivity index (χ3n) is 8.18. The van der Waals surface area contributed by atoms with E-state index in [1.165, 1.54) is 4.90 Å². The molecule has 218 valence electrons. The zero-order valence-corrected chi connectivity index (χ0v) is 25.0. The number of aliphatic hydroxyl groups is 2. The molecule has 2 heterocycles. The number of hydrogen-bond acceptors (Lipinski definition) is 5. The summed E-state index contributed by atoms with van der Waals surface area (Å²) < 4.78 is 0.733. The van der Waals surface area contributed by atoms with Gasteiger partial charge in [0.2, 0.25) is 12.3 Å². The first kappa shape index (κ1) is 29.7. The van der Waals surface area contributed by atoms with Gasteiger partial charge >= 0.3 is 0 Å². The molecule has 2 N–H and O–H groups in total. The summed E-state index contributed by atoms with van der Waals surface area (Å²) in [6, 6.07) is 22.0. The Morgan fingerprint density at radius 2 is 1.88 bits per heavy atom. The standard InChI is InChI=1S/C33H34BrN3O5/c1-23(8-5-14-31(40)35-17-7-13-28(35)21-38)33(42)29-19-25(34)15-16-30(29)36(32(33)41)20-24-9-6-12-27(18-24)37(22-39)26-10-3-2-4-11-26/h2-6,8-12,15-16,18-19,22-23,28,38,42H,7,13-14,17,20-21H2,1H3/b8-5+/t23-,28-,33+/m0/s1. The van der Waals surface area contributed by atoms with E-state index in [0.29, 0.717) is 23.5 Å². The molecule has 9 heteroatoms. The molecule has 3 amide bonds. The highest BCUT2D eigenvalue weighted by atomic mass is 79.9. The van der Waals surface area contributed by atoms with Gasteiger partial charge in [-0.25, -0.2) is 0 Å². The van der Waals surface area contributed by atoms with Gasteiger partial charge < -0.3 is 20.0 Å². The van der Waals surface area contributed by atoms with Crippen LogP contribution in [0.15, 0.2) is 89.4 Å². The third-order valence-corrected chi connectivity index (χ3v) is 8.68. The van der Waals surface area contributed by atoms with E-state index in [1.54, 1.807) is 34.9 Å². The number of aliphatic hydroxyl groups excluding tert-OH is 1. The second-order valence-electron chi connectivity index (χ2n) is 10.8. The fourth-order valence-corrected chi connectivity index (χ4v) is 6.27. The topological polar surface area (TPSA) is 101 Å². The number of carbonyl (C=O) groups excluding carboxylic acids is 3. The second-order valence-corrected chi connectivity index (χ2v) is 11.7. The second kappa shape index (κ2) is 12.6. The lowest BCUT2D eigenvalue weighted by Crippen LogP contribution is -2.44. The zero-order chi connectivity index (χ0) is 29.9. The average molecular weight is 633 g/mol. The predicted octanol–water partition coefficient (Wildman–Crippen LogP) is 5.04. The van der Waals surface area contributed by atoms with E-state index < -0.39 is 17.4 Å². The van der Waals surface area contributed by atoms with Gasteiger partial charge in [0.15, 0.2) is 5.60 Å². The molecule has 1 saturated heterocycles. The first-order valence-corrected chi connectivity index (χ1v) is 14.9. The number of carbonyl (C=O) groups is 3. The highest BCUT2D eigenvalue weighted by Crippen LogP contribution is 2.47. The van der Waals surface area contributed by atoms with Gasteiger partial charge in [-0.05, 0) is 60.9 Å². The van der Waals surface area contributed by atoms with E-state index >= 15 is 0 Å². The van der Waals surface area contributed by atoms with Crippen molar-refractivity contribution < 1.29 is 24.6 Å². The van der Waals surface area contributed by atoms with E-state index in [1.807, 2.05) is 66.7 Å². The van der Waals surface area contributed by atoms with Crippen LogP contribution in [0.2, 0.25) is 0 Å². The summed E-state index contributed by atoms with van der Waals surface area (Å²) in [7, 11) is 0. The first-order valence-electron chi connectivity index (χ1n) is 14.1. The molecular weight excluding hydrogens is 598 g/mol. The average Bonchev–Trinajstić information content (AvgIpc) is 3.56. The number of benzene rings is 3. The van der Waals surface area contributed by atoms with Crippen molar-refractivity contribution in [1.29, 1.82) is 0 Å². The van der Waals surface area contributed by atoms with Gasteiger partial charge in [-0.2, -0.15) is 0 Å². The van der Waals surface area contributed by atoms with Crippen LogP contribution < -0.4 is 9.80 Å². The zero-order valence-electron chi connectivity index (χ0n) is 23.4. The van der Waals surface area contributed by atoms with E-state index in [4.69, 9.17) is 0 Å². The van der Waals surface area contributed by atoms with Gasteiger partial charge in [0.05, 0.1) is 24.9 Å². The van der Waals surface area contributed by atoms with Gasteiger partial charge in [-0.1, -0.05) is 65.3 Å². The molecule has 0 aliphatic carbocycles. The Labute approximate surface area is 254 Å². The normalized spacial score (nSPS) is 20.7. The summed E-state index contributed by atoms with van der Waals surface area (Å²) in [4.78, 5) is 43.5. The summed E-state index contributed by atoms with van der Waals surface area (Å²) in [6.07, 6.45) is 5.97. The number of amides is 3. The minimum atomic E-state index is -1.84. The SMILES string of the molecule is C[C@@H](/C=C/CC(=O)N1CCC[C@H]1CO)[C@]1(O)C(=O)N(Cc2cccc(N(C=O)c3ccccc3)c2)c2ccc(Br)cc21. The van der Waals surface area contributed by atoms with Crippen molar-refractivity contribution in [1.82, 2.24) is 4.90 Å². The van der Waals surface area contributed by atoms with Crippen LogP contribution in [0.3, 0.4) is 0 Å². The fourth-order valence-electron chi connectivity index (χ4n) is 5.91. The lowest BCUT2D eigenvalue weighted by Gasteiger charge is -2.28. The van der Waals surface area contributed by atoms with Crippen molar-refractivity contribution in [2.24, 2.45) is 5.92 Å². The van der Waals surface area contributed by atoms with Gasteiger partial charge in [0, 0.05) is 40.3 Å². The number of fused-ring (bicyclic) bond motifs is 1. The third kappa shape index (κ3) is 5.64. The molecule has 1 fully saturated rings. The summed E-state index contributed by atoms with van der Waals surface area (Å²) in [5.74, 6) is -1.16. The molecule has 0 unspecified atom stereocenters. The van der Waals surface area contributed by atoms with E-state index in [9.17, 15) is 24.6 Å². The fraction of sp³-hybridized carbons (Fsp3) is 0.303. The molecule has 3 aromatic carbocycles. The lowest BCUT2D eigenvalue weighted by atomic mass is 9.83. The van der Waals surface area contributed by atoms with Gasteiger partial charge in [0.1, 0.15) is 0 Å². The van der Waals surface area contributed by atoms with Crippen molar-refractivity contribution in [3.63, 3.8) is 0 Å². The number of rotatable bonds is 10. The molecule has 42 heavy (non-hydrogen) atoms. The Kier molecular flexibility index (Phi) is 8.91. The highest BCUT2D eigenvalue weighted by Gasteiger charge is 2.52. The molecule has 2 aliphatic heterocycles. The monoisotopic (exact) mass is 631 g/mol. The predicted molar refractivity (Wildman–Crippen MR) is 165 cm³/mol. The minimum absolute atomic E-state index is 0.0516. The smallest absolute Gasteiger partial charge is 0.264 e. The summed E-state index contributed by atoms with van der Waals surface area (Å²) >= 11 is 3.48. The summed E-state index contributed by atoms with van der Waals surface area (Å²) in [5, 5.41) is 21.5. The van der Waals surface area contributed by atoms with Crippen LogP contribution in [0.4, 0.5) is 17.1 Å². The molecule has 8 nitrogen and oxygen atoms in total. The summed E-state index contributed by atoms with van der Waals surface area (Å²) in [6.45, 7) is 2.53. The van der Waals surface area contributed by atoms with Crippen LogP contribution in [-0.4, -0.2) is 52.5 Å². The van der Waals surface area contributed by atoms with Crippen LogP contribution in [0.1, 0.15) is 37.3 Å². The molecule has 0 bridgehead atoms. The molecule has 0 saturated carbocycles. The molecule has 0 spiro atoms. The van der Waals surface area contributed by atoms with Crippen LogP contribution in [0.25, 0.3) is 0 Å². The van der Waals surface area contributed by atoms with E-state index in [2.05, 4.69) is 15.9 Å². The Bertz CT molecular complexity index is 1500. The van der Waals surface area contributed by atoms with Crippen LogP contribution in [-0.2, 0) is 26.5 Å². The molecule has 0 radical (unpaired) electrons. The molecule has 2 aliphatic rings. The lowest BCUT2D eigenvalue weighted by molar-refractivity contribution is -0.139. The number of para-hydroxylation sites is 1. The Morgan fingerprint density at radius 3 is 2.62 bits per heavy atom. The number of halogens is 1. The molecule has 3 atom stereocenters. The van der Waals surface area contributed by atoms with E-state index in [-0.39, 0.29) is 31.5 Å². The maximum absolute atomic E-state index is 14.0. The molecule has 5 rings (SSSR count). The van der Waals surface area contributed by atoms with Crippen molar-refractivity contribution in [3.8, 4) is 0 Å². The van der Waals surface area contributed by atoms with Crippen LogP contribution in [0.5, 0.6) is 0 Å². The Balaban J connectivity index is 1.38. The van der Waals surface area contributed by atoms with Crippen LogP contribution >= 0.6 is 15.9 Å². The largest absolute Gasteiger partial charge is 0.394 e. The number of anilines is 3. The van der Waals surface area contributed by atoms with Crippen LogP contribution in [0, 0.1) is 5.92 Å². The summed E-state index contributed by atoms with van der Waals surface area (Å²) in [5.41, 5.74) is 1.43. The molecular formula is C33H34BrN3O5. The van der Waals surface area contributed by atoms with Gasteiger partial charge in [0.25, 0.3) is 5.91 Å². The maximum atomic E-state index is 14.0. The van der Waals surface area contributed by atoms with Crippen molar-refractivity contribution in [2.45, 2.75) is 44.4 Å². The Morgan fingerprint density at radius 1 is 1.12 bits per heavy atom. The minimum Gasteiger partial charge on any atom is -0.394 e. The van der Waals surface area contributed by atoms with Crippen molar-refractivity contribution >= 4 is 51.2 Å². The first-order chi connectivity index (χ1) is 20.3. The van der Waals surface area contributed by atoms with Crippen molar-refractivity contribution in [3.05, 3.63) is 101 Å². The molecule has 3 aromatic rings.